The molecule has 0 fully saturated rings. The number of para-hydroxylation sites is 3. The van der Waals surface area contributed by atoms with Gasteiger partial charge in [-0.05, 0) is 81.4 Å². The fourth-order valence-corrected chi connectivity index (χ4v) is 15.8. The minimum Gasteiger partial charge on any atom is -0.309 e. The van der Waals surface area contributed by atoms with Gasteiger partial charge in [-0.15, -0.1) is 11.3 Å². The highest BCUT2D eigenvalue weighted by Gasteiger charge is 2.42. The van der Waals surface area contributed by atoms with Crippen molar-refractivity contribution in [3.8, 4) is 11.4 Å². The minimum absolute atomic E-state index is 1.17. The third-order valence-corrected chi connectivity index (χ3v) is 18.1. The summed E-state index contributed by atoms with van der Waals surface area (Å²) in [6.45, 7) is 0. The van der Waals surface area contributed by atoms with Crippen LogP contribution in [0.15, 0.2) is 218 Å². The van der Waals surface area contributed by atoms with Gasteiger partial charge in [0.15, 0.2) is 8.07 Å². The molecule has 4 heteroatoms. The standard InChI is InChI=1S/C54H36N2SSi/c1-4-17-37(18-5-1)55-47-28-13-10-25-43(47)44-32-31-42(36-50(44)55)58(39-20-6-2-7-21-39,40-22-8-3-9-23-40)41-24-16-19-38(35-41)56-48-29-14-11-26-45(48)53-49(56)33-34-52-54(53)46-27-12-15-30-51(46)57-52/h1-36H. The van der Waals surface area contributed by atoms with Crippen molar-refractivity contribution < 1.29 is 0 Å². The maximum absolute atomic E-state index is 2.96. The van der Waals surface area contributed by atoms with Crippen molar-refractivity contribution in [2.24, 2.45) is 0 Å². The molecule has 2 nitrogen and oxygen atoms in total. The van der Waals surface area contributed by atoms with E-state index in [2.05, 4.69) is 228 Å². The maximum Gasteiger partial charge on any atom is 0.179 e. The van der Waals surface area contributed by atoms with Crippen LogP contribution in [0, 0.1) is 0 Å². The Labute approximate surface area is 341 Å². The van der Waals surface area contributed by atoms with Crippen LogP contribution in [0.25, 0.3) is 75.2 Å². The Bertz CT molecular complexity index is 3470. The molecule has 0 bridgehead atoms. The molecule has 0 N–H and O–H groups in total. The molecule has 58 heavy (non-hydrogen) atoms. The zero-order valence-corrected chi connectivity index (χ0v) is 33.4. The van der Waals surface area contributed by atoms with Crippen LogP contribution in [-0.4, -0.2) is 17.2 Å². The molecular weight excluding hydrogens is 737 g/mol. The molecule has 0 radical (unpaired) electrons. The quantitative estimate of drug-likeness (QED) is 0.118. The molecule has 12 aromatic rings. The molecule has 0 amide bonds. The highest BCUT2D eigenvalue weighted by Crippen LogP contribution is 2.43. The lowest BCUT2D eigenvalue weighted by atomic mass is 10.1. The Balaban J connectivity index is 1.18. The largest absolute Gasteiger partial charge is 0.309 e. The summed E-state index contributed by atoms with van der Waals surface area (Å²) in [5.41, 5.74) is 7.23. The smallest absolute Gasteiger partial charge is 0.179 e. The molecular formula is C54H36N2SSi. The number of aromatic nitrogens is 2. The highest BCUT2D eigenvalue weighted by molar-refractivity contribution is 7.26. The number of hydrogen-bond donors (Lipinski definition) is 0. The van der Waals surface area contributed by atoms with Crippen molar-refractivity contribution in [1.29, 1.82) is 0 Å². The van der Waals surface area contributed by atoms with Crippen molar-refractivity contribution in [3.05, 3.63) is 218 Å². The lowest BCUT2D eigenvalue weighted by molar-refractivity contribution is 1.18. The molecule has 0 atom stereocenters. The first-order chi connectivity index (χ1) is 28.8. The van der Waals surface area contributed by atoms with Crippen molar-refractivity contribution in [1.82, 2.24) is 9.13 Å². The van der Waals surface area contributed by atoms with E-state index in [1.807, 2.05) is 11.3 Å². The molecule has 0 aliphatic carbocycles. The number of rotatable bonds is 6. The lowest BCUT2D eigenvalue weighted by Crippen LogP contribution is -2.74. The van der Waals surface area contributed by atoms with Gasteiger partial charge in [-0.1, -0.05) is 158 Å². The van der Waals surface area contributed by atoms with E-state index in [9.17, 15) is 0 Å². The van der Waals surface area contributed by atoms with Crippen LogP contribution in [0.5, 0.6) is 0 Å². The first kappa shape index (κ1) is 33.2. The molecule has 3 heterocycles. The molecule has 12 rings (SSSR count). The third-order valence-electron chi connectivity index (χ3n) is 12.2. The molecule has 0 aliphatic heterocycles. The highest BCUT2D eigenvalue weighted by atomic mass is 32.1. The predicted molar refractivity (Wildman–Crippen MR) is 252 cm³/mol. The summed E-state index contributed by atoms with van der Waals surface area (Å²) in [7, 11) is -2.96. The molecule has 272 valence electrons. The number of benzene rings is 9. The van der Waals surface area contributed by atoms with E-state index in [1.165, 1.54) is 95.9 Å². The van der Waals surface area contributed by atoms with E-state index in [0.717, 1.165) is 0 Å². The van der Waals surface area contributed by atoms with Crippen molar-refractivity contribution in [3.63, 3.8) is 0 Å². The van der Waals surface area contributed by atoms with Crippen LogP contribution in [-0.2, 0) is 0 Å². The summed E-state index contributed by atoms with van der Waals surface area (Å²) in [4.78, 5) is 0. The normalized spacial score (nSPS) is 12.1. The molecule has 9 aromatic carbocycles. The Hall–Kier alpha value is -6.98. The van der Waals surface area contributed by atoms with Crippen LogP contribution >= 0.6 is 11.3 Å². The van der Waals surface area contributed by atoms with Gasteiger partial charge >= 0.3 is 0 Å². The number of thiophene rings is 1. The molecule has 0 saturated heterocycles. The summed E-state index contributed by atoms with van der Waals surface area (Å²) in [5.74, 6) is 0. The summed E-state index contributed by atoms with van der Waals surface area (Å²) in [6.07, 6.45) is 0. The van der Waals surface area contributed by atoms with Gasteiger partial charge in [0.1, 0.15) is 0 Å². The summed E-state index contributed by atoms with van der Waals surface area (Å²) in [5, 5.41) is 13.2. The van der Waals surface area contributed by atoms with Crippen molar-refractivity contribution in [2.75, 3.05) is 0 Å². The molecule has 0 saturated carbocycles. The van der Waals surface area contributed by atoms with Gasteiger partial charge in [0.2, 0.25) is 0 Å². The zero-order valence-electron chi connectivity index (χ0n) is 31.6. The lowest BCUT2D eigenvalue weighted by Gasteiger charge is -2.35. The fourth-order valence-electron chi connectivity index (χ4n) is 9.87. The van der Waals surface area contributed by atoms with Crippen LogP contribution < -0.4 is 20.7 Å². The van der Waals surface area contributed by atoms with E-state index in [0.29, 0.717) is 0 Å². The Kier molecular flexibility index (Phi) is 7.46. The Morgan fingerprint density at radius 1 is 0.293 bits per heavy atom. The second kappa shape index (κ2) is 13.0. The second-order valence-electron chi connectivity index (χ2n) is 15.2. The van der Waals surface area contributed by atoms with Crippen LogP contribution in [0.2, 0.25) is 0 Å². The Morgan fingerprint density at radius 3 is 1.57 bits per heavy atom. The Morgan fingerprint density at radius 2 is 0.828 bits per heavy atom. The second-order valence-corrected chi connectivity index (χ2v) is 20.1. The van der Waals surface area contributed by atoms with Crippen LogP contribution in [0.1, 0.15) is 0 Å². The maximum atomic E-state index is 2.51. The van der Waals surface area contributed by atoms with Gasteiger partial charge in [0.25, 0.3) is 0 Å². The average molecular weight is 773 g/mol. The molecule has 3 aromatic heterocycles. The van der Waals surface area contributed by atoms with E-state index < -0.39 is 8.07 Å². The predicted octanol–water partition coefficient (Wildman–Crippen LogP) is 11.6. The summed E-state index contributed by atoms with van der Waals surface area (Å²) >= 11 is 1.88. The van der Waals surface area contributed by atoms with E-state index >= 15 is 0 Å². The zero-order chi connectivity index (χ0) is 38.2. The number of fused-ring (bicyclic) bond motifs is 10. The SMILES string of the molecule is c1ccc(-n2c3ccccc3c3ccc([Si](c4ccccc4)(c4ccccc4)c4cccc(-n5c6ccccc6c6c7c(ccc65)sc5ccccc57)c4)cc32)cc1. The van der Waals surface area contributed by atoms with Crippen LogP contribution in [0.3, 0.4) is 0 Å². The van der Waals surface area contributed by atoms with Gasteiger partial charge in [-0.3, -0.25) is 0 Å². The number of nitrogens with zero attached hydrogens (tertiary/aromatic N) is 2. The van der Waals surface area contributed by atoms with Gasteiger partial charge in [-0.25, -0.2) is 0 Å². The average Bonchev–Trinajstić information content (AvgIpc) is 3.95. The van der Waals surface area contributed by atoms with Gasteiger partial charge in [0, 0.05) is 53.1 Å². The first-order valence-electron chi connectivity index (χ1n) is 19.9. The van der Waals surface area contributed by atoms with Gasteiger partial charge in [-0.2, -0.15) is 0 Å². The van der Waals surface area contributed by atoms with Crippen LogP contribution in [0.4, 0.5) is 0 Å². The minimum atomic E-state index is -2.96. The third kappa shape index (κ3) is 4.76. The van der Waals surface area contributed by atoms with Gasteiger partial charge < -0.3 is 9.13 Å². The molecule has 0 aliphatic rings. The van der Waals surface area contributed by atoms with Crippen molar-refractivity contribution >= 4 is 104 Å². The van der Waals surface area contributed by atoms with Crippen molar-refractivity contribution in [2.45, 2.75) is 0 Å². The van der Waals surface area contributed by atoms with Gasteiger partial charge in [0.05, 0.1) is 22.1 Å². The van der Waals surface area contributed by atoms with E-state index in [1.54, 1.807) is 0 Å². The fraction of sp³-hybridized carbons (Fsp3) is 0. The topological polar surface area (TPSA) is 9.86 Å². The first-order valence-corrected chi connectivity index (χ1v) is 22.8. The van der Waals surface area contributed by atoms with E-state index in [-0.39, 0.29) is 0 Å². The summed E-state index contributed by atoms with van der Waals surface area (Å²) < 4.78 is 7.61. The molecule has 0 unspecified atom stereocenters. The number of hydrogen-bond acceptors (Lipinski definition) is 1. The summed E-state index contributed by atoms with van der Waals surface area (Å²) in [6, 6.07) is 81.6. The van der Waals surface area contributed by atoms with E-state index in [4.69, 9.17) is 0 Å². The monoisotopic (exact) mass is 772 g/mol. The molecule has 0 spiro atoms.